The van der Waals surface area contributed by atoms with Crippen LogP contribution in [0, 0.1) is 0 Å². The first kappa shape index (κ1) is 17.6. The summed E-state index contributed by atoms with van der Waals surface area (Å²) in [5.74, 6) is -0.576. The molecule has 1 amide bonds. The lowest BCUT2D eigenvalue weighted by atomic mass is 10.2. The standard InChI is InChI=1S/C17H23ClN2O3/c1-3-5-9-19(10-6-4-2)16(21)12-20-14-8-7-13(18)11-15(14)23-17(20)22/h7-8,11H,3-6,9-10,12H2,1-2H3. The summed E-state index contributed by atoms with van der Waals surface area (Å²) in [5.41, 5.74) is 1.00. The van der Waals surface area contributed by atoms with Crippen molar-refractivity contribution < 1.29 is 9.21 Å². The molecular formula is C17H23ClN2O3. The predicted octanol–water partition coefficient (Wildman–Crippen LogP) is 3.68. The van der Waals surface area contributed by atoms with Gasteiger partial charge in [0.05, 0.1) is 5.52 Å². The molecule has 23 heavy (non-hydrogen) atoms. The minimum Gasteiger partial charge on any atom is -0.408 e. The van der Waals surface area contributed by atoms with Crippen LogP contribution in [0.25, 0.3) is 11.1 Å². The van der Waals surface area contributed by atoms with E-state index < -0.39 is 5.76 Å². The minimum absolute atomic E-state index is 0.000887. The zero-order chi connectivity index (χ0) is 16.8. The Morgan fingerprint density at radius 3 is 2.48 bits per heavy atom. The Bertz CT molecular complexity index is 712. The van der Waals surface area contributed by atoms with Gasteiger partial charge >= 0.3 is 5.76 Å². The number of aromatic nitrogens is 1. The van der Waals surface area contributed by atoms with Gasteiger partial charge in [-0.05, 0) is 25.0 Å². The van der Waals surface area contributed by atoms with Gasteiger partial charge in [-0.1, -0.05) is 38.3 Å². The smallest absolute Gasteiger partial charge is 0.408 e. The quantitative estimate of drug-likeness (QED) is 0.737. The Kier molecular flexibility index (Phi) is 6.28. The first-order chi connectivity index (χ1) is 11.1. The number of rotatable bonds is 8. The van der Waals surface area contributed by atoms with E-state index in [4.69, 9.17) is 16.0 Å². The molecule has 6 heteroatoms. The highest BCUT2D eigenvalue weighted by Crippen LogP contribution is 2.18. The number of nitrogens with zero attached hydrogens (tertiary/aromatic N) is 2. The van der Waals surface area contributed by atoms with Crippen molar-refractivity contribution in [2.75, 3.05) is 13.1 Å². The molecule has 5 nitrogen and oxygen atoms in total. The van der Waals surface area contributed by atoms with E-state index in [1.54, 1.807) is 18.2 Å². The number of amides is 1. The van der Waals surface area contributed by atoms with Gasteiger partial charge in [-0.2, -0.15) is 0 Å². The van der Waals surface area contributed by atoms with Crippen LogP contribution in [0.1, 0.15) is 39.5 Å². The number of carbonyl (C=O) groups is 1. The van der Waals surface area contributed by atoms with Gasteiger partial charge in [-0.25, -0.2) is 4.79 Å². The highest BCUT2D eigenvalue weighted by Gasteiger charge is 2.17. The van der Waals surface area contributed by atoms with Crippen molar-refractivity contribution in [1.29, 1.82) is 0 Å². The number of hydrogen-bond acceptors (Lipinski definition) is 3. The maximum atomic E-state index is 12.6. The number of benzene rings is 1. The van der Waals surface area contributed by atoms with Crippen LogP contribution in [-0.4, -0.2) is 28.5 Å². The Labute approximate surface area is 140 Å². The van der Waals surface area contributed by atoms with Gasteiger partial charge in [0.2, 0.25) is 5.91 Å². The summed E-state index contributed by atoms with van der Waals surface area (Å²) >= 11 is 5.90. The number of oxazole rings is 1. The third kappa shape index (κ3) is 4.38. The number of hydrogen-bond donors (Lipinski definition) is 0. The summed E-state index contributed by atoms with van der Waals surface area (Å²) in [6.07, 6.45) is 3.99. The normalized spacial score (nSPS) is 11.1. The molecule has 0 atom stereocenters. The fourth-order valence-electron chi connectivity index (χ4n) is 2.48. The van der Waals surface area contributed by atoms with Gasteiger partial charge < -0.3 is 9.32 Å². The molecule has 0 saturated heterocycles. The molecule has 0 spiro atoms. The monoisotopic (exact) mass is 338 g/mol. The second-order valence-electron chi connectivity index (χ2n) is 5.65. The maximum absolute atomic E-state index is 12.6. The van der Waals surface area contributed by atoms with E-state index in [-0.39, 0.29) is 12.5 Å². The lowest BCUT2D eigenvalue weighted by Crippen LogP contribution is -2.37. The molecule has 0 radical (unpaired) electrons. The second kappa shape index (κ2) is 8.20. The van der Waals surface area contributed by atoms with Crippen LogP contribution in [0.4, 0.5) is 0 Å². The first-order valence-corrected chi connectivity index (χ1v) is 8.51. The molecule has 1 aromatic carbocycles. The molecule has 0 aliphatic carbocycles. The van der Waals surface area contributed by atoms with Crippen LogP contribution in [0.2, 0.25) is 5.02 Å². The highest BCUT2D eigenvalue weighted by molar-refractivity contribution is 6.31. The molecule has 0 N–H and O–H groups in total. The van der Waals surface area contributed by atoms with Crippen molar-refractivity contribution in [1.82, 2.24) is 9.47 Å². The van der Waals surface area contributed by atoms with Crippen LogP contribution in [0.3, 0.4) is 0 Å². The van der Waals surface area contributed by atoms with Gasteiger partial charge in [-0.15, -0.1) is 0 Å². The fourth-order valence-corrected chi connectivity index (χ4v) is 2.65. The molecule has 2 rings (SSSR count). The molecule has 0 unspecified atom stereocenters. The molecule has 1 heterocycles. The lowest BCUT2D eigenvalue weighted by Gasteiger charge is -2.22. The molecule has 0 bridgehead atoms. The third-order valence-corrected chi connectivity index (χ3v) is 4.07. The Balaban J connectivity index is 2.20. The van der Waals surface area contributed by atoms with Gasteiger partial charge in [0.1, 0.15) is 6.54 Å². The third-order valence-electron chi connectivity index (χ3n) is 3.84. The predicted molar refractivity (Wildman–Crippen MR) is 91.9 cm³/mol. The first-order valence-electron chi connectivity index (χ1n) is 8.13. The fraction of sp³-hybridized carbons (Fsp3) is 0.529. The largest absolute Gasteiger partial charge is 0.420 e. The minimum atomic E-state index is -0.526. The van der Waals surface area contributed by atoms with E-state index >= 15 is 0 Å². The number of carbonyl (C=O) groups excluding carboxylic acids is 1. The van der Waals surface area contributed by atoms with E-state index in [0.29, 0.717) is 16.1 Å². The van der Waals surface area contributed by atoms with Crippen molar-refractivity contribution >= 4 is 28.6 Å². The highest BCUT2D eigenvalue weighted by atomic mass is 35.5. The Hall–Kier alpha value is -1.75. The van der Waals surface area contributed by atoms with Gasteiger partial charge in [0.25, 0.3) is 0 Å². The molecule has 0 fully saturated rings. The summed E-state index contributed by atoms with van der Waals surface area (Å²) in [6, 6.07) is 4.98. The van der Waals surface area contributed by atoms with Crippen LogP contribution in [0.15, 0.2) is 27.4 Å². The van der Waals surface area contributed by atoms with E-state index in [0.717, 1.165) is 38.8 Å². The van der Waals surface area contributed by atoms with Crippen molar-refractivity contribution in [3.05, 3.63) is 33.8 Å². The van der Waals surface area contributed by atoms with E-state index in [2.05, 4.69) is 13.8 Å². The van der Waals surface area contributed by atoms with Gasteiger partial charge in [-0.3, -0.25) is 9.36 Å². The molecule has 0 aliphatic heterocycles. The number of unbranched alkanes of at least 4 members (excludes halogenated alkanes) is 2. The molecule has 2 aromatic rings. The van der Waals surface area contributed by atoms with Crippen molar-refractivity contribution in [3.8, 4) is 0 Å². The summed E-state index contributed by atoms with van der Waals surface area (Å²) in [5, 5.41) is 0.497. The van der Waals surface area contributed by atoms with Crippen molar-refractivity contribution in [3.63, 3.8) is 0 Å². The summed E-state index contributed by atoms with van der Waals surface area (Å²) in [6.45, 7) is 5.65. The summed E-state index contributed by atoms with van der Waals surface area (Å²) in [4.78, 5) is 26.4. The average molecular weight is 339 g/mol. The molecule has 1 aromatic heterocycles. The number of fused-ring (bicyclic) bond motifs is 1. The van der Waals surface area contributed by atoms with Gasteiger partial charge in [0.15, 0.2) is 5.58 Å². The molecular weight excluding hydrogens is 316 g/mol. The van der Waals surface area contributed by atoms with E-state index in [1.807, 2.05) is 4.90 Å². The van der Waals surface area contributed by atoms with Gasteiger partial charge in [0, 0.05) is 24.2 Å². The topological polar surface area (TPSA) is 55.5 Å². The zero-order valence-corrected chi connectivity index (χ0v) is 14.4. The van der Waals surface area contributed by atoms with E-state index in [9.17, 15) is 9.59 Å². The van der Waals surface area contributed by atoms with Crippen LogP contribution >= 0.6 is 11.6 Å². The van der Waals surface area contributed by atoms with Crippen molar-refractivity contribution in [2.24, 2.45) is 0 Å². The van der Waals surface area contributed by atoms with E-state index in [1.165, 1.54) is 4.57 Å². The number of halogens is 1. The summed E-state index contributed by atoms with van der Waals surface area (Å²) in [7, 11) is 0. The van der Waals surface area contributed by atoms with Crippen LogP contribution < -0.4 is 5.76 Å². The molecule has 0 aliphatic rings. The second-order valence-corrected chi connectivity index (χ2v) is 6.09. The lowest BCUT2D eigenvalue weighted by molar-refractivity contribution is -0.132. The van der Waals surface area contributed by atoms with Crippen LogP contribution in [-0.2, 0) is 11.3 Å². The van der Waals surface area contributed by atoms with Crippen LogP contribution in [0.5, 0.6) is 0 Å². The van der Waals surface area contributed by atoms with Crippen molar-refractivity contribution in [2.45, 2.75) is 46.1 Å². The zero-order valence-electron chi connectivity index (χ0n) is 13.7. The average Bonchev–Trinajstić information content (AvgIpc) is 2.82. The Morgan fingerprint density at radius 1 is 1.22 bits per heavy atom. The maximum Gasteiger partial charge on any atom is 0.420 e. The molecule has 126 valence electrons. The summed E-state index contributed by atoms with van der Waals surface area (Å²) < 4.78 is 6.55. The Morgan fingerprint density at radius 2 is 1.87 bits per heavy atom. The molecule has 0 saturated carbocycles. The SMILES string of the molecule is CCCCN(CCCC)C(=O)Cn1c(=O)oc2cc(Cl)ccc21.